The third-order valence-corrected chi connectivity index (χ3v) is 6.24. The fraction of sp³-hybridized carbons (Fsp3) is 0.667. The second-order valence-corrected chi connectivity index (χ2v) is 10.5. The Morgan fingerprint density at radius 2 is 1.62 bits per heavy atom. The van der Waals surface area contributed by atoms with E-state index in [0.717, 1.165) is 5.56 Å². The molecule has 1 N–H and O–H groups in total. The van der Waals surface area contributed by atoms with Crippen LogP contribution in [0.3, 0.4) is 0 Å². The maximum atomic E-state index is 12.8. The van der Waals surface area contributed by atoms with Crippen LogP contribution in [0.25, 0.3) is 0 Å². The number of nitrogens with zero attached hydrogens (tertiary/aromatic N) is 1. The van der Waals surface area contributed by atoms with Gasteiger partial charge < -0.3 is 0 Å². The SMILES string of the molecule is CN1OC[C@@H](S(=O)(=O)NC(C)(C)C)[C@H]1c1ccc(C(C)(C)C)cc1. The summed E-state index contributed by atoms with van der Waals surface area (Å²) in [5.41, 5.74) is 1.73. The van der Waals surface area contributed by atoms with Crippen molar-refractivity contribution in [2.75, 3.05) is 13.7 Å². The first-order valence-electron chi connectivity index (χ1n) is 8.30. The van der Waals surface area contributed by atoms with Crippen LogP contribution < -0.4 is 4.72 Å². The fourth-order valence-electron chi connectivity index (χ4n) is 2.96. The van der Waals surface area contributed by atoms with Crippen LogP contribution in [0.2, 0.25) is 0 Å². The number of sulfonamides is 1. The van der Waals surface area contributed by atoms with Crippen molar-refractivity contribution in [1.82, 2.24) is 9.79 Å². The molecule has 0 amide bonds. The molecule has 6 heteroatoms. The summed E-state index contributed by atoms with van der Waals surface area (Å²) in [5.74, 6) is 0. The van der Waals surface area contributed by atoms with Gasteiger partial charge in [-0.1, -0.05) is 45.0 Å². The lowest BCUT2D eigenvalue weighted by Gasteiger charge is -2.27. The number of rotatable bonds is 3. The van der Waals surface area contributed by atoms with E-state index in [1.807, 2.05) is 32.9 Å². The molecule has 1 saturated heterocycles. The van der Waals surface area contributed by atoms with Gasteiger partial charge in [-0.2, -0.15) is 5.06 Å². The number of hydrogen-bond donors (Lipinski definition) is 1. The lowest BCUT2D eigenvalue weighted by molar-refractivity contribution is -0.110. The third-order valence-electron chi connectivity index (χ3n) is 4.15. The smallest absolute Gasteiger partial charge is 0.219 e. The quantitative estimate of drug-likeness (QED) is 0.906. The van der Waals surface area contributed by atoms with Crippen LogP contribution in [0.5, 0.6) is 0 Å². The van der Waals surface area contributed by atoms with Gasteiger partial charge in [0.2, 0.25) is 10.0 Å². The van der Waals surface area contributed by atoms with Crippen molar-refractivity contribution >= 4 is 10.0 Å². The van der Waals surface area contributed by atoms with Crippen molar-refractivity contribution in [2.24, 2.45) is 0 Å². The zero-order chi connectivity index (χ0) is 18.3. The minimum Gasteiger partial charge on any atom is -0.297 e. The minimum atomic E-state index is -3.50. The van der Waals surface area contributed by atoms with Gasteiger partial charge >= 0.3 is 0 Å². The highest BCUT2D eigenvalue weighted by Crippen LogP contribution is 2.34. The summed E-state index contributed by atoms with van der Waals surface area (Å²) in [6.45, 7) is 12.2. The molecule has 0 unspecified atom stereocenters. The Bertz CT molecular complexity index is 670. The molecule has 2 atom stereocenters. The molecule has 0 bridgehead atoms. The van der Waals surface area contributed by atoms with Crippen LogP contribution in [0, 0.1) is 0 Å². The molecule has 0 saturated carbocycles. The molecule has 1 heterocycles. The third kappa shape index (κ3) is 4.36. The topological polar surface area (TPSA) is 58.6 Å². The molecular weight excluding hydrogens is 324 g/mol. The average Bonchev–Trinajstić information content (AvgIpc) is 2.78. The summed E-state index contributed by atoms with van der Waals surface area (Å²) in [6, 6.07) is 7.84. The van der Waals surface area contributed by atoms with Crippen molar-refractivity contribution in [3.63, 3.8) is 0 Å². The maximum absolute atomic E-state index is 12.8. The van der Waals surface area contributed by atoms with Gasteiger partial charge in [0.1, 0.15) is 5.25 Å². The highest BCUT2D eigenvalue weighted by atomic mass is 32.2. The second kappa shape index (κ2) is 6.41. The van der Waals surface area contributed by atoms with E-state index in [1.165, 1.54) is 5.56 Å². The van der Waals surface area contributed by atoms with Gasteiger partial charge in [-0.25, -0.2) is 13.1 Å². The van der Waals surface area contributed by atoms with E-state index in [2.05, 4.69) is 37.6 Å². The van der Waals surface area contributed by atoms with Crippen LogP contribution in [-0.2, 0) is 20.3 Å². The molecule has 0 aliphatic carbocycles. The van der Waals surface area contributed by atoms with Crippen molar-refractivity contribution in [3.05, 3.63) is 35.4 Å². The second-order valence-electron chi connectivity index (χ2n) is 8.59. The van der Waals surface area contributed by atoms with Gasteiger partial charge in [-0.3, -0.25) is 4.84 Å². The zero-order valence-corrected chi connectivity index (χ0v) is 16.6. The molecule has 5 nitrogen and oxygen atoms in total. The van der Waals surface area contributed by atoms with Gasteiger partial charge in [-0.05, 0) is 37.3 Å². The molecule has 1 aliphatic rings. The highest BCUT2D eigenvalue weighted by Gasteiger charge is 2.44. The number of hydroxylamine groups is 2. The van der Waals surface area contributed by atoms with Crippen molar-refractivity contribution in [2.45, 2.75) is 63.8 Å². The first kappa shape index (κ1) is 19.4. The van der Waals surface area contributed by atoms with Crippen molar-refractivity contribution < 1.29 is 13.3 Å². The maximum Gasteiger partial charge on any atom is 0.219 e. The van der Waals surface area contributed by atoms with Gasteiger partial charge in [0.15, 0.2) is 0 Å². The van der Waals surface area contributed by atoms with Crippen LogP contribution in [0.15, 0.2) is 24.3 Å². The first-order valence-corrected chi connectivity index (χ1v) is 9.85. The van der Waals surface area contributed by atoms with Gasteiger partial charge in [0.25, 0.3) is 0 Å². The Labute approximate surface area is 146 Å². The molecule has 2 rings (SSSR count). The normalized spacial score (nSPS) is 23.6. The average molecular weight is 355 g/mol. The van der Waals surface area contributed by atoms with Gasteiger partial charge in [-0.15, -0.1) is 0 Å². The van der Waals surface area contributed by atoms with E-state index in [0.29, 0.717) is 0 Å². The molecule has 0 radical (unpaired) electrons. The van der Waals surface area contributed by atoms with Crippen LogP contribution >= 0.6 is 0 Å². The summed E-state index contributed by atoms with van der Waals surface area (Å²) in [7, 11) is -1.72. The Kier molecular flexibility index (Phi) is 5.17. The summed E-state index contributed by atoms with van der Waals surface area (Å²) >= 11 is 0. The minimum absolute atomic E-state index is 0.0654. The van der Waals surface area contributed by atoms with Gasteiger partial charge in [0, 0.05) is 12.6 Å². The summed E-state index contributed by atoms with van der Waals surface area (Å²) in [6.07, 6.45) is 0. The Morgan fingerprint density at radius 1 is 1.08 bits per heavy atom. The number of hydrogen-bond acceptors (Lipinski definition) is 4. The van der Waals surface area contributed by atoms with Crippen LogP contribution in [0.1, 0.15) is 58.7 Å². The van der Waals surface area contributed by atoms with E-state index in [-0.39, 0.29) is 18.1 Å². The molecule has 0 aromatic heterocycles. The number of nitrogens with one attached hydrogen (secondary N) is 1. The summed E-state index contributed by atoms with van der Waals surface area (Å²) in [4.78, 5) is 5.54. The Hall–Kier alpha value is -0.950. The summed E-state index contributed by atoms with van der Waals surface area (Å²) < 4.78 is 28.3. The lowest BCUT2D eigenvalue weighted by atomic mass is 9.86. The molecule has 1 aromatic carbocycles. The lowest BCUT2D eigenvalue weighted by Crippen LogP contribution is -2.47. The van der Waals surface area contributed by atoms with E-state index in [4.69, 9.17) is 4.84 Å². The highest BCUT2D eigenvalue weighted by molar-refractivity contribution is 7.90. The molecule has 136 valence electrons. The van der Waals surface area contributed by atoms with E-state index in [9.17, 15) is 8.42 Å². The molecule has 1 fully saturated rings. The standard InChI is InChI=1S/C18H30N2O3S/c1-17(2,3)14-10-8-13(9-11-14)16-15(12-23-20(16)7)24(21,22)19-18(4,5)6/h8-11,15-16,19H,12H2,1-7H3/t15-,16-/m1/s1. The van der Waals surface area contributed by atoms with E-state index < -0.39 is 20.8 Å². The predicted molar refractivity (Wildman–Crippen MR) is 97.2 cm³/mol. The zero-order valence-electron chi connectivity index (χ0n) is 15.8. The van der Waals surface area contributed by atoms with Crippen LogP contribution in [-0.4, -0.2) is 37.9 Å². The Balaban J connectivity index is 2.33. The Morgan fingerprint density at radius 3 is 2.08 bits per heavy atom. The number of benzene rings is 1. The first-order chi connectivity index (χ1) is 10.8. The fourth-order valence-corrected chi connectivity index (χ4v) is 4.88. The molecular formula is C18H30N2O3S. The van der Waals surface area contributed by atoms with E-state index in [1.54, 1.807) is 12.1 Å². The van der Waals surface area contributed by atoms with Crippen molar-refractivity contribution in [3.8, 4) is 0 Å². The van der Waals surface area contributed by atoms with E-state index >= 15 is 0 Å². The monoisotopic (exact) mass is 354 g/mol. The summed E-state index contributed by atoms with van der Waals surface area (Å²) in [5, 5.41) is 1.01. The molecule has 1 aromatic rings. The molecule has 0 spiro atoms. The molecule has 24 heavy (non-hydrogen) atoms. The van der Waals surface area contributed by atoms with Gasteiger partial charge in [0.05, 0.1) is 12.6 Å². The van der Waals surface area contributed by atoms with Crippen molar-refractivity contribution in [1.29, 1.82) is 0 Å². The predicted octanol–water partition coefficient (Wildman–Crippen LogP) is 2.99. The molecule has 1 aliphatic heterocycles. The van der Waals surface area contributed by atoms with Crippen LogP contribution in [0.4, 0.5) is 0 Å². The largest absolute Gasteiger partial charge is 0.297 e.